The maximum Gasteiger partial charge on any atom is 0.217 e. The Morgan fingerprint density at radius 2 is 2.50 bits per heavy atom. The van der Waals surface area contributed by atoms with Crippen molar-refractivity contribution in [1.82, 2.24) is 15.3 Å². The first kappa shape index (κ1) is 11.7. The number of hydrogen-bond donors (Lipinski definition) is 1. The van der Waals surface area contributed by atoms with Gasteiger partial charge in [0.15, 0.2) is 0 Å². The molecule has 1 saturated heterocycles. The highest BCUT2D eigenvalue weighted by molar-refractivity contribution is 7.98. The molecule has 0 saturated carbocycles. The molecule has 0 amide bonds. The van der Waals surface area contributed by atoms with Crippen molar-refractivity contribution >= 4 is 11.8 Å². The largest absolute Gasteiger partial charge is 0.477 e. The molecule has 0 aliphatic carbocycles. The van der Waals surface area contributed by atoms with E-state index in [0.29, 0.717) is 11.8 Å². The molecule has 0 radical (unpaired) electrons. The normalized spacial score (nSPS) is 20.7. The summed E-state index contributed by atoms with van der Waals surface area (Å²) in [5.74, 6) is 1.30. The van der Waals surface area contributed by atoms with Crippen LogP contribution in [0.5, 0.6) is 5.88 Å². The Kier molecular flexibility index (Phi) is 4.42. The van der Waals surface area contributed by atoms with Gasteiger partial charge in [-0.15, -0.1) is 11.8 Å². The molecule has 1 unspecified atom stereocenters. The second-order valence-electron chi connectivity index (χ2n) is 3.92. The molecule has 4 nitrogen and oxygen atoms in total. The molecule has 5 heteroatoms. The van der Waals surface area contributed by atoms with Crippen molar-refractivity contribution in [2.45, 2.75) is 17.9 Å². The zero-order valence-corrected chi connectivity index (χ0v) is 10.3. The van der Waals surface area contributed by atoms with Gasteiger partial charge in [0.25, 0.3) is 0 Å². The summed E-state index contributed by atoms with van der Waals surface area (Å²) in [6.45, 7) is 2.94. The summed E-state index contributed by atoms with van der Waals surface area (Å²) in [6, 6.07) is 1.89. The highest BCUT2D eigenvalue weighted by Crippen LogP contribution is 2.17. The monoisotopic (exact) mass is 239 g/mol. The third-order valence-electron chi connectivity index (χ3n) is 2.69. The first-order valence-electron chi connectivity index (χ1n) is 5.58. The summed E-state index contributed by atoms with van der Waals surface area (Å²) in [4.78, 5) is 8.22. The van der Waals surface area contributed by atoms with Gasteiger partial charge in [0.1, 0.15) is 11.4 Å². The van der Waals surface area contributed by atoms with Crippen molar-refractivity contribution in [3.05, 3.63) is 12.4 Å². The van der Waals surface area contributed by atoms with E-state index in [1.807, 2.05) is 12.3 Å². The van der Waals surface area contributed by atoms with Gasteiger partial charge in [0.05, 0.1) is 6.61 Å². The average Bonchev–Trinajstić information content (AvgIpc) is 2.38. The fourth-order valence-electron chi connectivity index (χ4n) is 1.78. The topological polar surface area (TPSA) is 47.0 Å². The maximum absolute atomic E-state index is 5.68. The number of nitrogens with one attached hydrogen (secondary N) is 1. The quantitative estimate of drug-likeness (QED) is 0.638. The number of hydrogen-bond acceptors (Lipinski definition) is 5. The molecule has 1 N–H and O–H groups in total. The van der Waals surface area contributed by atoms with E-state index in [2.05, 4.69) is 15.3 Å². The molecular formula is C11H17N3OS. The molecule has 0 bridgehead atoms. The third-order valence-corrected chi connectivity index (χ3v) is 3.33. The van der Waals surface area contributed by atoms with Gasteiger partial charge >= 0.3 is 0 Å². The lowest BCUT2D eigenvalue weighted by Crippen LogP contribution is -2.33. The van der Waals surface area contributed by atoms with Crippen molar-refractivity contribution in [2.24, 2.45) is 5.92 Å². The van der Waals surface area contributed by atoms with Crippen LogP contribution in [-0.2, 0) is 0 Å². The minimum absolute atomic E-state index is 0.612. The van der Waals surface area contributed by atoms with Gasteiger partial charge in [-0.3, -0.25) is 0 Å². The van der Waals surface area contributed by atoms with Crippen molar-refractivity contribution in [3.8, 4) is 5.88 Å². The minimum Gasteiger partial charge on any atom is -0.477 e. The van der Waals surface area contributed by atoms with Crippen LogP contribution in [0.25, 0.3) is 0 Å². The minimum atomic E-state index is 0.612. The van der Waals surface area contributed by atoms with Gasteiger partial charge in [0.2, 0.25) is 5.88 Å². The Bertz CT molecular complexity index is 329. The van der Waals surface area contributed by atoms with E-state index < -0.39 is 0 Å². The van der Waals surface area contributed by atoms with Crippen molar-refractivity contribution < 1.29 is 4.74 Å². The molecule has 1 aromatic heterocycles. The molecule has 88 valence electrons. The van der Waals surface area contributed by atoms with E-state index in [4.69, 9.17) is 4.74 Å². The van der Waals surface area contributed by atoms with Crippen LogP contribution in [0, 0.1) is 5.92 Å². The summed E-state index contributed by atoms with van der Waals surface area (Å²) >= 11 is 1.60. The summed E-state index contributed by atoms with van der Waals surface area (Å²) < 4.78 is 5.68. The van der Waals surface area contributed by atoms with Crippen LogP contribution in [-0.4, -0.2) is 35.9 Å². The van der Waals surface area contributed by atoms with Crippen molar-refractivity contribution in [1.29, 1.82) is 0 Å². The predicted octanol–water partition coefficient (Wildman–Crippen LogP) is 1.58. The lowest BCUT2D eigenvalue weighted by Gasteiger charge is -2.22. The van der Waals surface area contributed by atoms with Crippen LogP contribution >= 0.6 is 11.8 Å². The SMILES string of the molecule is CSc1cc(OCC2CCCNC2)ncn1. The lowest BCUT2D eigenvalue weighted by atomic mass is 10.0. The Balaban J connectivity index is 1.83. The van der Waals surface area contributed by atoms with Crippen LogP contribution in [0.1, 0.15) is 12.8 Å². The van der Waals surface area contributed by atoms with Crippen LogP contribution in [0.4, 0.5) is 0 Å². The molecule has 1 atom stereocenters. The van der Waals surface area contributed by atoms with Crippen LogP contribution in [0.15, 0.2) is 17.4 Å². The Morgan fingerprint density at radius 3 is 3.25 bits per heavy atom. The number of nitrogens with zero attached hydrogens (tertiary/aromatic N) is 2. The lowest BCUT2D eigenvalue weighted by molar-refractivity contribution is 0.211. The van der Waals surface area contributed by atoms with Gasteiger partial charge in [-0.2, -0.15) is 0 Å². The van der Waals surface area contributed by atoms with Crippen molar-refractivity contribution in [3.63, 3.8) is 0 Å². The summed E-state index contributed by atoms with van der Waals surface area (Å²) in [7, 11) is 0. The van der Waals surface area contributed by atoms with Crippen LogP contribution < -0.4 is 10.1 Å². The first-order valence-corrected chi connectivity index (χ1v) is 6.80. The second kappa shape index (κ2) is 6.06. The average molecular weight is 239 g/mol. The van der Waals surface area contributed by atoms with E-state index in [9.17, 15) is 0 Å². The predicted molar refractivity (Wildman–Crippen MR) is 64.9 cm³/mol. The molecule has 1 fully saturated rings. The highest BCUT2D eigenvalue weighted by atomic mass is 32.2. The summed E-state index contributed by atoms with van der Waals surface area (Å²) in [5.41, 5.74) is 0. The molecule has 2 heterocycles. The van der Waals surface area contributed by atoms with Gasteiger partial charge in [-0.1, -0.05) is 0 Å². The number of ether oxygens (including phenoxy) is 1. The standard InChI is InChI=1S/C11H17N3OS/c1-16-11-5-10(13-8-14-11)15-7-9-3-2-4-12-6-9/h5,8-9,12H,2-4,6-7H2,1H3. The van der Waals surface area contributed by atoms with E-state index >= 15 is 0 Å². The molecule has 1 aliphatic rings. The smallest absolute Gasteiger partial charge is 0.217 e. The molecule has 0 aromatic carbocycles. The fraction of sp³-hybridized carbons (Fsp3) is 0.636. The van der Waals surface area contributed by atoms with E-state index in [-0.39, 0.29) is 0 Å². The Morgan fingerprint density at radius 1 is 1.56 bits per heavy atom. The third kappa shape index (κ3) is 3.35. The number of rotatable bonds is 4. The molecule has 0 spiro atoms. The molecular weight excluding hydrogens is 222 g/mol. The molecule has 16 heavy (non-hydrogen) atoms. The van der Waals surface area contributed by atoms with Crippen LogP contribution in [0.2, 0.25) is 0 Å². The zero-order valence-electron chi connectivity index (χ0n) is 9.48. The summed E-state index contributed by atoms with van der Waals surface area (Å²) in [5, 5.41) is 4.33. The van der Waals surface area contributed by atoms with Gasteiger partial charge < -0.3 is 10.1 Å². The Hall–Kier alpha value is -0.810. The zero-order chi connectivity index (χ0) is 11.2. The molecule has 1 aliphatic heterocycles. The van der Waals surface area contributed by atoms with Crippen LogP contribution in [0.3, 0.4) is 0 Å². The number of aromatic nitrogens is 2. The number of piperidine rings is 1. The molecule has 1 aromatic rings. The first-order chi connectivity index (χ1) is 7.88. The highest BCUT2D eigenvalue weighted by Gasteiger charge is 2.13. The number of thioether (sulfide) groups is 1. The van der Waals surface area contributed by atoms with Gasteiger partial charge in [0, 0.05) is 18.5 Å². The fourth-order valence-corrected chi connectivity index (χ4v) is 2.15. The Labute approximate surface area is 100 Å². The van der Waals surface area contributed by atoms with Gasteiger partial charge in [-0.05, 0) is 25.6 Å². The molecule has 2 rings (SSSR count). The van der Waals surface area contributed by atoms with Gasteiger partial charge in [-0.25, -0.2) is 9.97 Å². The van der Waals surface area contributed by atoms with E-state index in [1.54, 1.807) is 18.1 Å². The summed E-state index contributed by atoms with van der Waals surface area (Å²) in [6.07, 6.45) is 6.04. The van der Waals surface area contributed by atoms with Crippen molar-refractivity contribution in [2.75, 3.05) is 26.0 Å². The van der Waals surface area contributed by atoms with E-state index in [0.717, 1.165) is 24.7 Å². The second-order valence-corrected chi connectivity index (χ2v) is 4.75. The van der Waals surface area contributed by atoms with E-state index in [1.165, 1.54) is 12.8 Å². The maximum atomic E-state index is 5.68.